The van der Waals surface area contributed by atoms with Crippen molar-refractivity contribution in [3.8, 4) is 0 Å². The highest BCUT2D eigenvalue weighted by molar-refractivity contribution is 5.39. The van der Waals surface area contributed by atoms with Gasteiger partial charge in [0.15, 0.2) is 0 Å². The maximum atomic E-state index is 5.75. The summed E-state index contributed by atoms with van der Waals surface area (Å²) in [6, 6.07) is 0.118. The third-order valence-corrected chi connectivity index (χ3v) is 3.77. The van der Waals surface area contributed by atoms with E-state index in [1.807, 2.05) is 13.8 Å². The van der Waals surface area contributed by atoms with Crippen LogP contribution in [-0.4, -0.2) is 0 Å². The van der Waals surface area contributed by atoms with Crippen molar-refractivity contribution in [1.29, 1.82) is 0 Å². The van der Waals surface area contributed by atoms with Crippen molar-refractivity contribution < 1.29 is 4.42 Å². The Bertz CT molecular complexity index is 432. The van der Waals surface area contributed by atoms with Crippen molar-refractivity contribution in [2.24, 2.45) is 5.84 Å². The Labute approximate surface area is 103 Å². The SMILES string of the molecule is Cc1oc(C)c(C(NN)C2=CCCCC2)c1C. The lowest BCUT2D eigenvalue weighted by atomic mass is 9.88. The Morgan fingerprint density at radius 3 is 2.47 bits per heavy atom. The highest BCUT2D eigenvalue weighted by Crippen LogP contribution is 2.34. The van der Waals surface area contributed by atoms with Crippen LogP contribution in [0.15, 0.2) is 16.1 Å². The molecule has 17 heavy (non-hydrogen) atoms. The first-order valence-corrected chi connectivity index (χ1v) is 6.36. The number of nitrogens with two attached hydrogens (primary N) is 1. The van der Waals surface area contributed by atoms with Gasteiger partial charge in [-0.25, -0.2) is 5.43 Å². The molecule has 0 bridgehead atoms. The van der Waals surface area contributed by atoms with E-state index in [4.69, 9.17) is 10.3 Å². The predicted molar refractivity (Wildman–Crippen MR) is 69.5 cm³/mol. The van der Waals surface area contributed by atoms with E-state index in [0.717, 1.165) is 17.9 Å². The van der Waals surface area contributed by atoms with E-state index in [9.17, 15) is 0 Å². The van der Waals surface area contributed by atoms with E-state index >= 15 is 0 Å². The fraction of sp³-hybridized carbons (Fsp3) is 0.571. The number of furan rings is 1. The second-order valence-electron chi connectivity index (χ2n) is 4.88. The highest BCUT2D eigenvalue weighted by atomic mass is 16.3. The lowest BCUT2D eigenvalue weighted by Crippen LogP contribution is -2.30. The molecule has 0 amide bonds. The summed E-state index contributed by atoms with van der Waals surface area (Å²) in [6.07, 6.45) is 7.19. The second-order valence-corrected chi connectivity index (χ2v) is 4.88. The van der Waals surface area contributed by atoms with Crippen molar-refractivity contribution in [3.05, 3.63) is 34.3 Å². The average molecular weight is 234 g/mol. The molecule has 0 spiro atoms. The number of hydrogen-bond acceptors (Lipinski definition) is 3. The zero-order chi connectivity index (χ0) is 12.4. The molecule has 1 aliphatic carbocycles. The number of rotatable bonds is 3. The van der Waals surface area contributed by atoms with Gasteiger partial charge in [0.25, 0.3) is 0 Å². The zero-order valence-corrected chi connectivity index (χ0v) is 11.0. The van der Waals surface area contributed by atoms with Gasteiger partial charge in [-0.2, -0.15) is 0 Å². The third-order valence-electron chi connectivity index (χ3n) is 3.77. The van der Waals surface area contributed by atoms with Gasteiger partial charge in [0, 0.05) is 5.56 Å². The standard InChI is InChI=1S/C14H22N2O/c1-9-10(2)17-11(3)13(9)14(16-15)12-7-5-4-6-8-12/h7,14,16H,4-6,8,15H2,1-3H3. The van der Waals surface area contributed by atoms with Gasteiger partial charge < -0.3 is 4.42 Å². The van der Waals surface area contributed by atoms with E-state index in [-0.39, 0.29) is 6.04 Å². The number of aryl methyl sites for hydroxylation is 2. The van der Waals surface area contributed by atoms with Gasteiger partial charge in [0.1, 0.15) is 11.5 Å². The Morgan fingerprint density at radius 2 is 2.00 bits per heavy atom. The molecule has 3 heteroatoms. The molecule has 3 N–H and O–H groups in total. The largest absolute Gasteiger partial charge is 0.466 e. The van der Waals surface area contributed by atoms with Crippen molar-refractivity contribution in [1.82, 2.24) is 5.43 Å². The maximum absolute atomic E-state index is 5.75. The number of hydrogen-bond donors (Lipinski definition) is 2. The van der Waals surface area contributed by atoms with Crippen LogP contribution in [0.4, 0.5) is 0 Å². The number of hydrazine groups is 1. The molecule has 3 nitrogen and oxygen atoms in total. The second kappa shape index (κ2) is 5.07. The van der Waals surface area contributed by atoms with Crippen LogP contribution in [0.1, 0.15) is 54.4 Å². The summed E-state index contributed by atoms with van der Waals surface area (Å²) >= 11 is 0. The van der Waals surface area contributed by atoms with Crippen LogP contribution in [0.2, 0.25) is 0 Å². The first kappa shape index (κ1) is 12.4. The van der Waals surface area contributed by atoms with Gasteiger partial charge in [-0.3, -0.25) is 5.84 Å². The van der Waals surface area contributed by atoms with E-state index in [0.29, 0.717) is 0 Å². The summed E-state index contributed by atoms with van der Waals surface area (Å²) in [4.78, 5) is 0. The highest BCUT2D eigenvalue weighted by Gasteiger charge is 2.23. The first-order chi connectivity index (χ1) is 8.15. The molecule has 0 saturated carbocycles. The minimum absolute atomic E-state index is 0.118. The van der Waals surface area contributed by atoms with Crippen molar-refractivity contribution in [2.75, 3.05) is 0 Å². The Kier molecular flexibility index (Phi) is 3.69. The minimum Gasteiger partial charge on any atom is -0.466 e. The van der Waals surface area contributed by atoms with Crippen LogP contribution >= 0.6 is 0 Å². The Hall–Kier alpha value is -1.06. The molecular weight excluding hydrogens is 212 g/mol. The van der Waals surface area contributed by atoms with Crippen LogP contribution in [0.3, 0.4) is 0 Å². The normalized spacial score (nSPS) is 18.0. The molecule has 1 heterocycles. The van der Waals surface area contributed by atoms with Gasteiger partial charge in [-0.1, -0.05) is 11.6 Å². The molecule has 1 unspecified atom stereocenters. The molecule has 1 aromatic rings. The monoisotopic (exact) mass is 234 g/mol. The van der Waals surface area contributed by atoms with Crippen LogP contribution in [-0.2, 0) is 0 Å². The quantitative estimate of drug-likeness (QED) is 0.479. The van der Waals surface area contributed by atoms with Gasteiger partial charge in [-0.15, -0.1) is 0 Å². The summed E-state index contributed by atoms with van der Waals surface area (Å²) in [5.41, 5.74) is 6.80. The van der Waals surface area contributed by atoms with E-state index in [1.54, 1.807) is 0 Å². The van der Waals surface area contributed by atoms with Gasteiger partial charge in [0.2, 0.25) is 0 Å². The average Bonchev–Trinajstić information content (AvgIpc) is 2.58. The van der Waals surface area contributed by atoms with Crippen molar-refractivity contribution >= 4 is 0 Å². The van der Waals surface area contributed by atoms with Crippen LogP contribution in [0, 0.1) is 20.8 Å². The van der Waals surface area contributed by atoms with Crippen LogP contribution in [0.25, 0.3) is 0 Å². The summed E-state index contributed by atoms with van der Waals surface area (Å²) in [6.45, 7) is 6.13. The molecule has 2 rings (SSSR count). The van der Waals surface area contributed by atoms with Gasteiger partial charge in [0.05, 0.1) is 6.04 Å². The Morgan fingerprint density at radius 1 is 1.24 bits per heavy atom. The molecule has 0 aliphatic heterocycles. The molecule has 0 aromatic carbocycles. The molecule has 1 aliphatic rings. The van der Waals surface area contributed by atoms with Crippen molar-refractivity contribution in [3.63, 3.8) is 0 Å². The zero-order valence-electron chi connectivity index (χ0n) is 11.0. The summed E-state index contributed by atoms with van der Waals surface area (Å²) in [7, 11) is 0. The Balaban J connectivity index is 2.37. The summed E-state index contributed by atoms with van der Waals surface area (Å²) in [5.74, 6) is 7.73. The summed E-state index contributed by atoms with van der Waals surface area (Å²) < 4.78 is 5.70. The number of nitrogens with one attached hydrogen (secondary N) is 1. The third kappa shape index (κ3) is 2.31. The van der Waals surface area contributed by atoms with E-state index in [2.05, 4.69) is 18.4 Å². The molecule has 0 fully saturated rings. The maximum Gasteiger partial charge on any atom is 0.106 e. The lowest BCUT2D eigenvalue weighted by Gasteiger charge is -2.23. The van der Waals surface area contributed by atoms with Crippen LogP contribution in [0.5, 0.6) is 0 Å². The smallest absolute Gasteiger partial charge is 0.106 e. The van der Waals surface area contributed by atoms with E-state index < -0.39 is 0 Å². The number of allylic oxidation sites excluding steroid dienone is 1. The van der Waals surface area contributed by atoms with Gasteiger partial charge in [-0.05, 0) is 52.0 Å². The topological polar surface area (TPSA) is 51.2 Å². The molecule has 1 atom stereocenters. The minimum atomic E-state index is 0.118. The fourth-order valence-corrected chi connectivity index (χ4v) is 2.74. The molecule has 0 radical (unpaired) electrons. The summed E-state index contributed by atoms with van der Waals surface area (Å²) in [5, 5.41) is 0. The van der Waals surface area contributed by atoms with E-state index in [1.165, 1.54) is 36.0 Å². The van der Waals surface area contributed by atoms with Crippen LogP contribution < -0.4 is 11.3 Å². The van der Waals surface area contributed by atoms with Crippen molar-refractivity contribution in [2.45, 2.75) is 52.5 Å². The molecule has 94 valence electrons. The van der Waals surface area contributed by atoms with Gasteiger partial charge >= 0.3 is 0 Å². The molecule has 0 saturated heterocycles. The lowest BCUT2D eigenvalue weighted by molar-refractivity contribution is 0.490. The molecule has 1 aromatic heterocycles. The molecular formula is C14H22N2O. The fourth-order valence-electron chi connectivity index (χ4n) is 2.74. The first-order valence-electron chi connectivity index (χ1n) is 6.36. The predicted octanol–water partition coefficient (Wildman–Crippen LogP) is 3.21.